The van der Waals surface area contributed by atoms with Crippen molar-refractivity contribution in [1.82, 2.24) is 5.32 Å². The molecule has 0 unspecified atom stereocenters. The van der Waals surface area contributed by atoms with Crippen LogP contribution >= 0.6 is 0 Å². The number of amides is 1. The van der Waals surface area contributed by atoms with Crippen LogP contribution in [0, 0.1) is 0 Å². The maximum Gasteiger partial charge on any atom is 0.251 e. The van der Waals surface area contributed by atoms with Crippen LogP contribution in [0.25, 0.3) is 0 Å². The van der Waals surface area contributed by atoms with Gasteiger partial charge in [-0.1, -0.05) is 18.2 Å². The van der Waals surface area contributed by atoms with Crippen LogP contribution in [0.15, 0.2) is 42.5 Å². The van der Waals surface area contributed by atoms with Gasteiger partial charge in [-0.25, -0.2) is 0 Å². The van der Waals surface area contributed by atoms with E-state index in [0.717, 1.165) is 0 Å². The van der Waals surface area contributed by atoms with Crippen molar-refractivity contribution in [3.05, 3.63) is 53.6 Å². The van der Waals surface area contributed by atoms with Crippen molar-refractivity contribution in [3.8, 4) is 11.5 Å². The van der Waals surface area contributed by atoms with E-state index in [1.165, 1.54) is 0 Å². The van der Waals surface area contributed by atoms with Crippen LogP contribution < -0.4 is 15.8 Å². The van der Waals surface area contributed by atoms with Gasteiger partial charge in [-0.15, -0.1) is 0 Å². The molecule has 0 bridgehead atoms. The first-order chi connectivity index (χ1) is 9.65. The van der Waals surface area contributed by atoms with Gasteiger partial charge in [0.15, 0.2) is 5.75 Å². The van der Waals surface area contributed by atoms with Gasteiger partial charge in [-0.05, 0) is 24.3 Å². The number of ether oxygens (including phenoxy) is 1. The smallest absolute Gasteiger partial charge is 0.251 e. The molecular weight excluding hydrogens is 256 g/mol. The molecule has 0 aliphatic carbocycles. The first kappa shape index (κ1) is 13.9. The summed E-state index contributed by atoms with van der Waals surface area (Å²) in [4.78, 5) is 11.6. The lowest BCUT2D eigenvalue weighted by atomic mass is 10.1. The lowest BCUT2D eigenvalue weighted by Gasteiger charge is -2.12. The van der Waals surface area contributed by atoms with E-state index >= 15 is 0 Å². The van der Waals surface area contributed by atoms with Crippen LogP contribution in [0.5, 0.6) is 11.5 Å². The SMILES string of the molecule is CNC(=O)c1ccc(N)c(Oc2ccccc2CO)c1. The zero-order valence-corrected chi connectivity index (χ0v) is 11.1. The maximum atomic E-state index is 11.6. The third-order valence-electron chi connectivity index (χ3n) is 2.87. The largest absolute Gasteiger partial charge is 0.455 e. The summed E-state index contributed by atoms with van der Waals surface area (Å²) in [5.74, 6) is 0.674. The van der Waals surface area contributed by atoms with Gasteiger partial charge in [-0.3, -0.25) is 4.79 Å². The van der Waals surface area contributed by atoms with Crippen molar-refractivity contribution in [1.29, 1.82) is 0 Å². The average Bonchev–Trinajstić information content (AvgIpc) is 2.49. The van der Waals surface area contributed by atoms with E-state index in [1.54, 1.807) is 43.4 Å². The Morgan fingerprint density at radius 3 is 2.70 bits per heavy atom. The topological polar surface area (TPSA) is 84.6 Å². The summed E-state index contributed by atoms with van der Waals surface area (Å²) in [6.45, 7) is -0.134. The van der Waals surface area contributed by atoms with Crippen molar-refractivity contribution >= 4 is 11.6 Å². The third-order valence-corrected chi connectivity index (χ3v) is 2.87. The second-order valence-electron chi connectivity index (χ2n) is 4.20. The maximum absolute atomic E-state index is 11.6. The van der Waals surface area contributed by atoms with E-state index in [0.29, 0.717) is 28.3 Å². The molecule has 0 aromatic heterocycles. The van der Waals surface area contributed by atoms with E-state index < -0.39 is 0 Å². The Labute approximate surface area is 117 Å². The molecule has 0 atom stereocenters. The molecule has 0 saturated carbocycles. The zero-order valence-electron chi connectivity index (χ0n) is 11.1. The molecule has 104 valence electrons. The van der Waals surface area contributed by atoms with Crippen molar-refractivity contribution < 1.29 is 14.6 Å². The number of anilines is 1. The Balaban J connectivity index is 2.35. The highest BCUT2D eigenvalue weighted by molar-refractivity contribution is 5.95. The molecule has 0 radical (unpaired) electrons. The average molecular weight is 272 g/mol. The predicted molar refractivity (Wildman–Crippen MR) is 76.7 cm³/mol. The summed E-state index contributed by atoms with van der Waals surface area (Å²) >= 11 is 0. The van der Waals surface area contributed by atoms with Gasteiger partial charge in [-0.2, -0.15) is 0 Å². The van der Waals surface area contributed by atoms with Crippen LogP contribution in [0.3, 0.4) is 0 Å². The molecule has 2 rings (SSSR count). The molecule has 2 aromatic carbocycles. The fraction of sp³-hybridized carbons (Fsp3) is 0.133. The molecule has 1 amide bonds. The van der Waals surface area contributed by atoms with E-state index in [9.17, 15) is 9.90 Å². The summed E-state index contributed by atoms with van der Waals surface area (Å²) in [6.07, 6.45) is 0. The number of nitrogen functional groups attached to an aromatic ring is 1. The highest BCUT2D eigenvalue weighted by Gasteiger charge is 2.10. The Bertz CT molecular complexity index is 626. The fourth-order valence-electron chi connectivity index (χ4n) is 1.76. The number of carbonyl (C=O) groups excluding carboxylic acids is 1. The monoisotopic (exact) mass is 272 g/mol. The van der Waals surface area contributed by atoms with Crippen molar-refractivity contribution in [2.75, 3.05) is 12.8 Å². The first-order valence-corrected chi connectivity index (χ1v) is 6.14. The molecule has 2 aromatic rings. The van der Waals surface area contributed by atoms with Gasteiger partial charge in [0.1, 0.15) is 5.75 Å². The fourth-order valence-corrected chi connectivity index (χ4v) is 1.76. The van der Waals surface area contributed by atoms with Gasteiger partial charge in [0, 0.05) is 18.2 Å². The molecule has 5 nitrogen and oxygen atoms in total. The number of aliphatic hydroxyl groups is 1. The number of rotatable bonds is 4. The molecule has 0 aliphatic rings. The molecule has 5 heteroatoms. The van der Waals surface area contributed by atoms with E-state index in [4.69, 9.17) is 10.5 Å². The number of aliphatic hydroxyl groups excluding tert-OH is 1. The highest BCUT2D eigenvalue weighted by atomic mass is 16.5. The molecule has 0 saturated heterocycles. The van der Waals surface area contributed by atoms with Gasteiger partial charge in [0.2, 0.25) is 0 Å². The molecule has 0 fully saturated rings. The van der Waals surface area contributed by atoms with Gasteiger partial charge < -0.3 is 20.9 Å². The minimum atomic E-state index is -0.217. The summed E-state index contributed by atoms with van der Waals surface area (Å²) in [6, 6.07) is 11.9. The molecule has 4 N–H and O–H groups in total. The summed E-state index contributed by atoms with van der Waals surface area (Å²) < 4.78 is 5.70. The number of nitrogens with one attached hydrogen (secondary N) is 1. The number of para-hydroxylation sites is 1. The van der Waals surface area contributed by atoms with Gasteiger partial charge >= 0.3 is 0 Å². The van der Waals surface area contributed by atoms with Crippen LogP contribution in [0.4, 0.5) is 5.69 Å². The molecule has 0 heterocycles. The molecule has 0 spiro atoms. The third kappa shape index (κ3) is 2.89. The van der Waals surface area contributed by atoms with Crippen LogP contribution in [-0.2, 0) is 6.61 Å². The second-order valence-corrected chi connectivity index (χ2v) is 4.20. The van der Waals surface area contributed by atoms with Crippen molar-refractivity contribution in [3.63, 3.8) is 0 Å². The zero-order chi connectivity index (χ0) is 14.5. The van der Waals surface area contributed by atoms with E-state index in [1.807, 2.05) is 6.07 Å². The first-order valence-electron chi connectivity index (χ1n) is 6.14. The minimum absolute atomic E-state index is 0.134. The lowest BCUT2D eigenvalue weighted by Crippen LogP contribution is -2.17. The molecular formula is C15H16N2O3. The van der Waals surface area contributed by atoms with Crippen LogP contribution in [0.1, 0.15) is 15.9 Å². The summed E-state index contributed by atoms with van der Waals surface area (Å²) in [7, 11) is 1.56. The van der Waals surface area contributed by atoms with Crippen LogP contribution in [-0.4, -0.2) is 18.1 Å². The molecule has 20 heavy (non-hydrogen) atoms. The quantitative estimate of drug-likeness (QED) is 0.742. The summed E-state index contributed by atoms with van der Waals surface area (Å²) in [5, 5.41) is 11.8. The van der Waals surface area contributed by atoms with Crippen molar-refractivity contribution in [2.45, 2.75) is 6.61 Å². The highest BCUT2D eigenvalue weighted by Crippen LogP contribution is 2.30. The lowest BCUT2D eigenvalue weighted by molar-refractivity contribution is 0.0963. The van der Waals surface area contributed by atoms with Gasteiger partial charge in [0.25, 0.3) is 5.91 Å². The van der Waals surface area contributed by atoms with Gasteiger partial charge in [0.05, 0.1) is 12.3 Å². The predicted octanol–water partition coefficient (Wildman–Crippen LogP) is 1.91. The van der Waals surface area contributed by atoms with E-state index in [2.05, 4.69) is 5.32 Å². The molecule has 0 aliphatic heterocycles. The number of carbonyl (C=O) groups is 1. The van der Waals surface area contributed by atoms with Crippen LogP contribution in [0.2, 0.25) is 0 Å². The second kappa shape index (κ2) is 6.08. The Kier molecular flexibility index (Phi) is 4.22. The van der Waals surface area contributed by atoms with E-state index in [-0.39, 0.29) is 12.5 Å². The standard InChI is InChI=1S/C15H16N2O3/c1-17-15(19)10-6-7-12(16)14(8-10)20-13-5-3-2-4-11(13)9-18/h2-8,18H,9,16H2,1H3,(H,17,19). The number of nitrogens with two attached hydrogens (primary N) is 1. The normalized spacial score (nSPS) is 10.1. The number of hydrogen-bond donors (Lipinski definition) is 3. The minimum Gasteiger partial charge on any atom is -0.455 e. The number of benzene rings is 2. The Hall–Kier alpha value is -2.53. The Morgan fingerprint density at radius 2 is 2.00 bits per heavy atom. The Morgan fingerprint density at radius 1 is 1.25 bits per heavy atom. The number of hydrogen-bond acceptors (Lipinski definition) is 4. The summed E-state index contributed by atoms with van der Waals surface area (Å²) in [5.41, 5.74) is 7.38. The van der Waals surface area contributed by atoms with Crippen molar-refractivity contribution in [2.24, 2.45) is 0 Å².